The normalized spacial score (nSPS) is 24.7. The molecule has 3 rings (SSSR count). The summed E-state index contributed by atoms with van der Waals surface area (Å²) in [7, 11) is 0. The maximum absolute atomic E-state index is 15.6. The fourth-order valence-corrected chi connectivity index (χ4v) is 3.92. The zero-order valence-electron chi connectivity index (χ0n) is 16.8. The molecule has 0 aromatic heterocycles. The van der Waals surface area contributed by atoms with Crippen LogP contribution in [0.4, 0.5) is 4.39 Å². The molecule has 1 fully saturated rings. The Bertz CT molecular complexity index is 815. The summed E-state index contributed by atoms with van der Waals surface area (Å²) in [4.78, 5) is 26.3. The molecule has 2 aromatic rings. The van der Waals surface area contributed by atoms with Crippen molar-refractivity contribution in [3.8, 4) is 0 Å². The van der Waals surface area contributed by atoms with Crippen LogP contribution in [0.2, 0.25) is 0 Å². The largest absolute Gasteiger partial charge is 0.453 e. The molecule has 1 saturated heterocycles. The first-order valence-corrected chi connectivity index (χ1v) is 9.94. The van der Waals surface area contributed by atoms with Gasteiger partial charge in [0.25, 0.3) is 0 Å². The summed E-state index contributed by atoms with van der Waals surface area (Å²) in [6.07, 6.45) is -1.88. The van der Waals surface area contributed by atoms with E-state index in [1.807, 2.05) is 42.2 Å². The van der Waals surface area contributed by atoms with Gasteiger partial charge in [0.1, 0.15) is 0 Å². The van der Waals surface area contributed by atoms with Gasteiger partial charge in [-0.3, -0.25) is 9.69 Å². The van der Waals surface area contributed by atoms with Crippen LogP contribution in [0.3, 0.4) is 0 Å². The minimum atomic E-state index is -1.41. The Kier molecular flexibility index (Phi) is 6.99. The number of carbonyl (C=O) groups is 2. The second-order valence-electron chi connectivity index (χ2n) is 7.38. The van der Waals surface area contributed by atoms with Gasteiger partial charge in [0, 0.05) is 26.1 Å². The first kappa shape index (κ1) is 21.0. The SMILES string of the molecule is CC[C@@H]1[C@@H](F)C(OC(=O)c2ccccc2)[C@@H](NC(C)=O)CN1Cc1ccccc1. The lowest BCUT2D eigenvalue weighted by molar-refractivity contribution is -0.124. The Morgan fingerprint density at radius 2 is 1.72 bits per heavy atom. The van der Waals surface area contributed by atoms with E-state index in [2.05, 4.69) is 5.32 Å². The van der Waals surface area contributed by atoms with Crippen LogP contribution in [0.1, 0.15) is 36.2 Å². The van der Waals surface area contributed by atoms with Crippen molar-refractivity contribution in [3.63, 3.8) is 0 Å². The Hall–Kier alpha value is -2.73. The van der Waals surface area contributed by atoms with E-state index in [4.69, 9.17) is 4.74 Å². The number of hydrogen-bond acceptors (Lipinski definition) is 4. The number of piperidine rings is 1. The molecule has 1 aliphatic heterocycles. The predicted octanol–water partition coefficient (Wildman–Crippen LogP) is 3.35. The van der Waals surface area contributed by atoms with Gasteiger partial charge >= 0.3 is 5.97 Å². The molecule has 0 saturated carbocycles. The second kappa shape index (κ2) is 9.65. The van der Waals surface area contributed by atoms with Crippen LogP contribution < -0.4 is 5.32 Å². The van der Waals surface area contributed by atoms with E-state index in [1.54, 1.807) is 30.3 Å². The number of rotatable bonds is 6. The number of hydrogen-bond donors (Lipinski definition) is 1. The molecule has 1 amide bonds. The summed E-state index contributed by atoms with van der Waals surface area (Å²) in [5.74, 6) is -0.863. The van der Waals surface area contributed by atoms with Gasteiger partial charge in [0.2, 0.25) is 5.91 Å². The quantitative estimate of drug-likeness (QED) is 0.758. The lowest BCUT2D eigenvalue weighted by Gasteiger charge is -2.45. The van der Waals surface area contributed by atoms with Crippen LogP contribution in [0, 0.1) is 0 Å². The highest BCUT2D eigenvalue weighted by Gasteiger charge is 2.46. The third kappa shape index (κ3) is 5.21. The van der Waals surface area contributed by atoms with Crippen molar-refractivity contribution in [3.05, 3.63) is 71.8 Å². The van der Waals surface area contributed by atoms with E-state index < -0.39 is 30.3 Å². The van der Waals surface area contributed by atoms with E-state index in [-0.39, 0.29) is 5.91 Å². The predicted molar refractivity (Wildman–Crippen MR) is 109 cm³/mol. The van der Waals surface area contributed by atoms with Gasteiger partial charge in [-0.15, -0.1) is 0 Å². The first-order valence-electron chi connectivity index (χ1n) is 9.94. The Labute approximate surface area is 170 Å². The molecule has 0 bridgehead atoms. The number of ether oxygens (including phenoxy) is 1. The zero-order valence-corrected chi connectivity index (χ0v) is 16.8. The summed E-state index contributed by atoms with van der Waals surface area (Å²) in [6.45, 7) is 4.27. The molecule has 1 N–H and O–H groups in total. The lowest BCUT2D eigenvalue weighted by Crippen LogP contribution is -2.64. The summed E-state index contributed by atoms with van der Waals surface area (Å²) in [5, 5.41) is 2.78. The highest BCUT2D eigenvalue weighted by atomic mass is 19.1. The van der Waals surface area contributed by atoms with Gasteiger partial charge in [-0.1, -0.05) is 55.5 Å². The molecule has 6 heteroatoms. The molecule has 4 atom stereocenters. The standard InChI is InChI=1S/C23H27FN2O3/c1-3-20-21(24)22(29-23(28)18-12-8-5-9-13-18)19(25-16(2)27)15-26(20)14-17-10-6-4-7-11-17/h4-13,19-22H,3,14-15H2,1-2H3,(H,25,27)/t19-,20+,21+,22?/m0/s1. The number of esters is 1. The summed E-state index contributed by atoms with van der Waals surface area (Å²) >= 11 is 0. The molecule has 2 aromatic carbocycles. The fraction of sp³-hybridized carbons (Fsp3) is 0.391. The van der Waals surface area contributed by atoms with Crippen molar-refractivity contribution < 1.29 is 18.7 Å². The van der Waals surface area contributed by atoms with E-state index >= 15 is 4.39 Å². The smallest absolute Gasteiger partial charge is 0.338 e. The lowest BCUT2D eigenvalue weighted by atomic mass is 9.90. The Morgan fingerprint density at radius 1 is 1.10 bits per heavy atom. The van der Waals surface area contributed by atoms with Gasteiger partial charge in [0.05, 0.1) is 11.6 Å². The van der Waals surface area contributed by atoms with Gasteiger partial charge in [-0.2, -0.15) is 0 Å². The second-order valence-corrected chi connectivity index (χ2v) is 7.38. The number of halogens is 1. The summed E-state index contributed by atoms with van der Waals surface area (Å²) < 4.78 is 21.2. The van der Waals surface area contributed by atoms with Gasteiger partial charge in [-0.25, -0.2) is 9.18 Å². The molecule has 1 heterocycles. The van der Waals surface area contributed by atoms with Crippen LogP contribution in [0.15, 0.2) is 60.7 Å². The molecule has 0 radical (unpaired) electrons. The summed E-state index contributed by atoms with van der Waals surface area (Å²) in [5.41, 5.74) is 1.43. The van der Waals surface area contributed by atoms with Crippen molar-refractivity contribution in [2.45, 2.75) is 51.2 Å². The molecular weight excluding hydrogens is 371 g/mol. The molecule has 5 nitrogen and oxygen atoms in total. The number of nitrogens with one attached hydrogen (secondary N) is 1. The molecule has 29 heavy (non-hydrogen) atoms. The number of alkyl halides is 1. The van der Waals surface area contributed by atoms with Gasteiger partial charge in [0.15, 0.2) is 12.3 Å². The number of amides is 1. The molecule has 1 unspecified atom stereocenters. The third-order valence-electron chi connectivity index (χ3n) is 5.27. The average molecular weight is 398 g/mol. The molecular formula is C23H27FN2O3. The van der Waals surface area contributed by atoms with Crippen LogP contribution in [-0.2, 0) is 16.1 Å². The number of nitrogens with zero attached hydrogens (tertiary/aromatic N) is 1. The summed E-state index contributed by atoms with van der Waals surface area (Å²) in [6, 6.07) is 17.3. The third-order valence-corrected chi connectivity index (χ3v) is 5.27. The number of carbonyl (C=O) groups excluding carboxylic acids is 2. The minimum absolute atomic E-state index is 0.280. The average Bonchev–Trinajstić information content (AvgIpc) is 2.72. The van der Waals surface area contributed by atoms with Crippen LogP contribution in [0.25, 0.3) is 0 Å². The van der Waals surface area contributed by atoms with E-state index in [9.17, 15) is 9.59 Å². The van der Waals surface area contributed by atoms with Gasteiger partial charge < -0.3 is 10.1 Å². The number of likely N-dealkylation sites (tertiary alicyclic amines) is 1. The van der Waals surface area contributed by atoms with Crippen molar-refractivity contribution in [2.24, 2.45) is 0 Å². The van der Waals surface area contributed by atoms with Crippen molar-refractivity contribution >= 4 is 11.9 Å². The fourth-order valence-electron chi connectivity index (χ4n) is 3.92. The molecule has 0 spiro atoms. The van der Waals surface area contributed by atoms with E-state index in [0.717, 1.165) is 5.56 Å². The zero-order chi connectivity index (χ0) is 20.8. The van der Waals surface area contributed by atoms with Crippen LogP contribution in [0.5, 0.6) is 0 Å². The highest BCUT2D eigenvalue weighted by Crippen LogP contribution is 2.28. The molecule has 154 valence electrons. The maximum atomic E-state index is 15.6. The molecule has 1 aliphatic rings. The Balaban J connectivity index is 1.81. The highest BCUT2D eigenvalue weighted by molar-refractivity contribution is 5.89. The van der Waals surface area contributed by atoms with E-state index in [1.165, 1.54) is 6.92 Å². The maximum Gasteiger partial charge on any atom is 0.338 e. The van der Waals surface area contributed by atoms with E-state index in [0.29, 0.717) is 25.1 Å². The number of benzene rings is 2. The molecule has 0 aliphatic carbocycles. The van der Waals surface area contributed by atoms with Crippen LogP contribution in [-0.4, -0.2) is 47.7 Å². The Morgan fingerprint density at radius 3 is 2.31 bits per heavy atom. The van der Waals surface area contributed by atoms with Crippen molar-refractivity contribution in [1.82, 2.24) is 10.2 Å². The van der Waals surface area contributed by atoms with Gasteiger partial charge in [-0.05, 0) is 24.1 Å². The minimum Gasteiger partial charge on any atom is -0.453 e. The first-order chi connectivity index (χ1) is 14.0. The van der Waals surface area contributed by atoms with Crippen molar-refractivity contribution in [2.75, 3.05) is 6.54 Å². The monoisotopic (exact) mass is 398 g/mol. The topological polar surface area (TPSA) is 58.6 Å². The van der Waals surface area contributed by atoms with Crippen LogP contribution >= 0.6 is 0 Å². The van der Waals surface area contributed by atoms with Crippen molar-refractivity contribution in [1.29, 1.82) is 0 Å².